The summed E-state index contributed by atoms with van der Waals surface area (Å²) in [6.07, 6.45) is 9.48. The highest BCUT2D eigenvalue weighted by Gasteiger charge is 2.33. The summed E-state index contributed by atoms with van der Waals surface area (Å²) in [5, 5.41) is 2.80. The minimum Gasteiger partial charge on any atom is -0.347 e. The minimum atomic E-state index is -0.0312. The summed E-state index contributed by atoms with van der Waals surface area (Å²) in [6, 6.07) is 0. The van der Waals surface area contributed by atoms with E-state index in [9.17, 15) is 9.59 Å². The Bertz CT molecular complexity index is 359. The highest BCUT2D eigenvalue weighted by Crippen LogP contribution is 2.38. The molecule has 3 N–H and O–H groups in total. The molecule has 5 nitrogen and oxygen atoms in total. The van der Waals surface area contributed by atoms with E-state index in [0.717, 1.165) is 51.6 Å². The van der Waals surface area contributed by atoms with Gasteiger partial charge < -0.3 is 16.0 Å². The van der Waals surface area contributed by atoms with Crippen molar-refractivity contribution < 1.29 is 9.59 Å². The summed E-state index contributed by atoms with van der Waals surface area (Å²) >= 11 is 0. The Kier molecular flexibility index (Phi) is 6.03. The topological polar surface area (TPSA) is 75.4 Å². The lowest BCUT2D eigenvalue weighted by atomic mass is 9.71. The number of rotatable bonds is 5. The van der Waals surface area contributed by atoms with Crippen molar-refractivity contribution in [2.24, 2.45) is 11.1 Å². The molecule has 2 aliphatic rings. The Morgan fingerprint density at radius 1 is 1.00 bits per heavy atom. The number of hydrogen-bond acceptors (Lipinski definition) is 3. The van der Waals surface area contributed by atoms with Crippen LogP contribution in [0.1, 0.15) is 57.8 Å². The molecule has 0 radical (unpaired) electrons. The lowest BCUT2D eigenvalue weighted by Gasteiger charge is -2.35. The average Bonchev–Trinajstić information content (AvgIpc) is 2.54. The van der Waals surface area contributed by atoms with Crippen LogP contribution < -0.4 is 11.1 Å². The zero-order valence-electron chi connectivity index (χ0n) is 13.0. The first-order valence-corrected chi connectivity index (χ1v) is 8.40. The number of carbonyl (C=O) groups excluding carboxylic acids is 2. The maximum atomic E-state index is 12.1. The van der Waals surface area contributed by atoms with Gasteiger partial charge in [0.2, 0.25) is 11.8 Å². The van der Waals surface area contributed by atoms with Crippen molar-refractivity contribution in [3.63, 3.8) is 0 Å². The van der Waals surface area contributed by atoms with Gasteiger partial charge in [0.05, 0.1) is 6.54 Å². The number of amides is 2. The summed E-state index contributed by atoms with van der Waals surface area (Å²) in [5.41, 5.74) is 5.87. The molecule has 0 aromatic carbocycles. The fourth-order valence-electron chi connectivity index (χ4n) is 3.59. The Morgan fingerprint density at radius 3 is 2.24 bits per heavy atom. The predicted octanol–water partition coefficient (Wildman–Crippen LogP) is 1.41. The maximum Gasteiger partial charge on any atom is 0.241 e. The second-order valence-electron chi connectivity index (χ2n) is 6.66. The third kappa shape index (κ3) is 4.70. The van der Waals surface area contributed by atoms with Gasteiger partial charge in [0.1, 0.15) is 0 Å². The second kappa shape index (κ2) is 7.78. The third-order valence-electron chi connectivity index (χ3n) is 5.03. The number of hydrogen-bond donors (Lipinski definition) is 2. The number of nitrogens with two attached hydrogens (primary N) is 1. The quantitative estimate of drug-likeness (QED) is 0.805. The van der Waals surface area contributed by atoms with Crippen LogP contribution in [0.5, 0.6) is 0 Å². The van der Waals surface area contributed by atoms with Gasteiger partial charge in [0.15, 0.2) is 0 Å². The molecule has 1 saturated heterocycles. The van der Waals surface area contributed by atoms with Crippen LogP contribution >= 0.6 is 0 Å². The predicted molar refractivity (Wildman–Crippen MR) is 82.6 cm³/mol. The molecule has 0 aromatic heterocycles. The minimum absolute atomic E-state index is 0.0206. The van der Waals surface area contributed by atoms with Crippen molar-refractivity contribution in [3.8, 4) is 0 Å². The Balaban J connectivity index is 1.74. The van der Waals surface area contributed by atoms with Gasteiger partial charge in [0.25, 0.3) is 0 Å². The van der Waals surface area contributed by atoms with E-state index >= 15 is 0 Å². The van der Waals surface area contributed by atoms with Gasteiger partial charge in [-0.1, -0.05) is 19.3 Å². The van der Waals surface area contributed by atoms with E-state index in [1.54, 1.807) is 0 Å². The maximum absolute atomic E-state index is 12.1. The van der Waals surface area contributed by atoms with Gasteiger partial charge in [0, 0.05) is 19.5 Å². The van der Waals surface area contributed by atoms with E-state index in [4.69, 9.17) is 5.73 Å². The van der Waals surface area contributed by atoms with Crippen LogP contribution in [0.25, 0.3) is 0 Å². The van der Waals surface area contributed by atoms with E-state index < -0.39 is 0 Å². The van der Waals surface area contributed by atoms with Crippen molar-refractivity contribution in [1.82, 2.24) is 10.2 Å². The molecule has 1 saturated carbocycles. The van der Waals surface area contributed by atoms with E-state index in [2.05, 4.69) is 5.32 Å². The van der Waals surface area contributed by atoms with E-state index in [1.807, 2.05) is 4.90 Å². The first kappa shape index (κ1) is 16.3. The molecule has 1 aliphatic heterocycles. The number of carbonyl (C=O) groups is 2. The van der Waals surface area contributed by atoms with E-state index in [0.29, 0.717) is 13.0 Å². The number of piperidine rings is 1. The Morgan fingerprint density at radius 2 is 1.62 bits per heavy atom. The van der Waals surface area contributed by atoms with Crippen LogP contribution in [0, 0.1) is 5.41 Å². The van der Waals surface area contributed by atoms with Gasteiger partial charge in [-0.05, 0) is 44.1 Å². The van der Waals surface area contributed by atoms with Gasteiger partial charge in [-0.2, -0.15) is 0 Å². The van der Waals surface area contributed by atoms with Crippen LogP contribution in [0.4, 0.5) is 0 Å². The van der Waals surface area contributed by atoms with Crippen molar-refractivity contribution in [2.75, 3.05) is 26.2 Å². The van der Waals surface area contributed by atoms with Crippen molar-refractivity contribution >= 4 is 11.8 Å². The molecular weight excluding hydrogens is 266 g/mol. The fourth-order valence-corrected chi connectivity index (χ4v) is 3.59. The summed E-state index contributed by atoms with van der Waals surface area (Å²) in [7, 11) is 0. The lowest BCUT2D eigenvalue weighted by Crippen LogP contribution is -2.44. The standard InChI is InChI=1S/C16H29N3O2/c17-13-16(7-3-1-4-8-16)11-14(20)18-12-15(21)19-9-5-2-6-10-19/h1-13,17H2,(H,18,20). The molecule has 21 heavy (non-hydrogen) atoms. The molecule has 2 fully saturated rings. The fraction of sp³-hybridized carbons (Fsp3) is 0.875. The van der Waals surface area contributed by atoms with E-state index in [-0.39, 0.29) is 23.8 Å². The van der Waals surface area contributed by atoms with Gasteiger partial charge >= 0.3 is 0 Å². The van der Waals surface area contributed by atoms with Gasteiger partial charge in [-0.25, -0.2) is 0 Å². The average molecular weight is 295 g/mol. The van der Waals surface area contributed by atoms with Gasteiger partial charge in [-0.15, -0.1) is 0 Å². The Labute approximate surface area is 127 Å². The SMILES string of the molecule is NCC1(CC(=O)NCC(=O)N2CCCCC2)CCCCC1. The second-order valence-corrected chi connectivity index (χ2v) is 6.66. The number of likely N-dealkylation sites (tertiary alicyclic amines) is 1. The molecular formula is C16H29N3O2. The molecule has 0 aromatic rings. The van der Waals surface area contributed by atoms with Crippen LogP contribution in [0.2, 0.25) is 0 Å². The van der Waals surface area contributed by atoms with E-state index in [1.165, 1.54) is 12.8 Å². The number of nitrogens with zero attached hydrogens (tertiary/aromatic N) is 1. The Hall–Kier alpha value is -1.10. The van der Waals surface area contributed by atoms with Crippen molar-refractivity contribution in [2.45, 2.75) is 57.8 Å². The molecule has 0 bridgehead atoms. The van der Waals surface area contributed by atoms with Crippen molar-refractivity contribution in [3.05, 3.63) is 0 Å². The van der Waals surface area contributed by atoms with Crippen molar-refractivity contribution in [1.29, 1.82) is 0 Å². The highest BCUT2D eigenvalue weighted by molar-refractivity contribution is 5.85. The molecule has 2 amide bonds. The van der Waals surface area contributed by atoms with Gasteiger partial charge in [-0.3, -0.25) is 9.59 Å². The summed E-state index contributed by atoms with van der Waals surface area (Å²) in [5.74, 6) is 0.0289. The third-order valence-corrected chi connectivity index (χ3v) is 5.03. The molecule has 1 aliphatic carbocycles. The molecule has 120 valence electrons. The number of nitrogens with one attached hydrogen (secondary N) is 1. The zero-order valence-corrected chi connectivity index (χ0v) is 13.0. The first-order chi connectivity index (χ1) is 10.2. The molecule has 1 heterocycles. The lowest BCUT2D eigenvalue weighted by molar-refractivity contribution is -0.134. The van der Waals surface area contributed by atoms with Crippen LogP contribution in [-0.4, -0.2) is 42.9 Å². The smallest absolute Gasteiger partial charge is 0.241 e. The monoisotopic (exact) mass is 295 g/mol. The summed E-state index contributed by atoms with van der Waals surface area (Å²) in [4.78, 5) is 26.0. The van der Waals surface area contributed by atoms with Crippen LogP contribution in [0.3, 0.4) is 0 Å². The molecule has 2 rings (SSSR count). The molecule has 5 heteroatoms. The largest absolute Gasteiger partial charge is 0.347 e. The van der Waals surface area contributed by atoms with Crippen LogP contribution in [0.15, 0.2) is 0 Å². The molecule has 0 spiro atoms. The summed E-state index contributed by atoms with van der Waals surface area (Å²) in [6.45, 7) is 2.38. The van der Waals surface area contributed by atoms with Crippen LogP contribution in [-0.2, 0) is 9.59 Å². The first-order valence-electron chi connectivity index (χ1n) is 8.40. The molecule has 0 atom stereocenters. The normalized spacial score (nSPS) is 21.9. The molecule has 0 unspecified atom stereocenters. The summed E-state index contributed by atoms with van der Waals surface area (Å²) < 4.78 is 0. The highest BCUT2D eigenvalue weighted by atomic mass is 16.2. The zero-order chi connectivity index (χ0) is 15.1.